The first kappa shape index (κ1) is 30.4. The topological polar surface area (TPSA) is 175 Å². The monoisotopic (exact) mass is 588 g/mol. The molecule has 2 aromatic rings. The van der Waals surface area contributed by atoms with Crippen LogP contribution in [0.25, 0.3) is 0 Å². The maximum Gasteiger partial charge on any atom is 0.410 e. The van der Waals surface area contributed by atoms with Crippen molar-refractivity contribution in [3.05, 3.63) is 47.8 Å². The predicted octanol–water partition coefficient (Wildman–Crippen LogP) is 1.10. The first-order valence-electron chi connectivity index (χ1n) is 13.2. The van der Waals surface area contributed by atoms with Crippen molar-refractivity contribution in [3.63, 3.8) is 0 Å². The fourth-order valence-corrected chi connectivity index (χ4v) is 4.84. The summed E-state index contributed by atoms with van der Waals surface area (Å²) in [5.41, 5.74) is 1.40. The van der Waals surface area contributed by atoms with E-state index in [1.54, 1.807) is 0 Å². The highest BCUT2D eigenvalue weighted by molar-refractivity contribution is 5.70. The van der Waals surface area contributed by atoms with E-state index in [2.05, 4.69) is 10.3 Å². The van der Waals surface area contributed by atoms with E-state index in [-0.39, 0.29) is 25.8 Å². The van der Waals surface area contributed by atoms with Gasteiger partial charge in [-0.05, 0) is 12.0 Å². The summed E-state index contributed by atoms with van der Waals surface area (Å²) < 4.78 is 34.1. The maximum absolute atomic E-state index is 12.5. The Bertz CT molecular complexity index is 1300. The van der Waals surface area contributed by atoms with Gasteiger partial charge in [0.2, 0.25) is 0 Å². The normalized spacial score (nSPS) is 25.3. The average molecular weight is 589 g/mol. The number of benzene rings is 1. The number of cyclic esters (lactones) is 1. The summed E-state index contributed by atoms with van der Waals surface area (Å²) in [5, 5.41) is 8.28. The summed E-state index contributed by atoms with van der Waals surface area (Å²) in [6.07, 6.45) is -4.85. The molecule has 15 nitrogen and oxygen atoms in total. The highest BCUT2D eigenvalue weighted by Gasteiger charge is 2.53. The first-order chi connectivity index (χ1) is 20.0. The van der Waals surface area contributed by atoms with E-state index in [0.717, 1.165) is 26.3 Å². The number of ether oxygens (including phenoxy) is 6. The van der Waals surface area contributed by atoms with Crippen molar-refractivity contribution in [1.29, 1.82) is 0 Å². The lowest BCUT2D eigenvalue weighted by Crippen LogP contribution is -2.60. The van der Waals surface area contributed by atoms with Gasteiger partial charge in [-0.3, -0.25) is 24.1 Å². The minimum Gasteiger partial charge on any atom is -0.463 e. The van der Waals surface area contributed by atoms with Crippen molar-refractivity contribution in [2.75, 3.05) is 13.2 Å². The average Bonchev–Trinajstić information content (AvgIpc) is 3.52. The van der Waals surface area contributed by atoms with Crippen LogP contribution in [0.2, 0.25) is 0 Å². The Hall–Kier alpha value is -4.53. The van der Waals surface area contributed by atoms with Gasteiger partial charge in [0, 0.05) is 27.7 Å². The number of nitrogens with zero attached hydrogens (tertiary/aromatic N) is 4. The lowest BCUT2D eigenvalue weighted by atomic mass is 9.97. The molecule has 0 unspecified atom stereocenters. The highest BCUT2D eigenvalue weighted by Crippen LogP contribution is 2.34. The van der Waals surface area contributed by atoms with E-state index in [4.69, 9.17) is 28.4 Å². The lowest BCUT2D eigenvalue weighted by Gasteiger charge is -2.44. The molecule has 15 heteroatoms. The van der Waals surface area contributed by atoms with Crippen molar-refractivity contribution in [1.82, 2.24) is 19.9 Å². The second kappa shape index (κ2) is 13.4. The van der Waals surface area contributed by atoms with Crippen LogP contribution in [-0.2, 0) is 60.6 Å². The van der Waals surface area contributed by atoms with Gasteiger partial charge >= 0.3 is 30.0 Å². The third kappa shape index (κ3) is 7.60. The van der Waals surface area contributed by atoms with E-state index in [0.29, 0.717) is 12.1 Å². The third-order valence-electron chi connectivity index (χ3n) is 6.51. The molecular formula is C27H32N4O11. The van der Waals surface area contributed by atoms with Crippen LogP contribution >= 0.6 is 0 Å². The Morgan fingerprint density at radius 1 is 0.905 bits per heavy atom. The number of amides is 1. The molecule has 0 saturated carbocycles. The van der Waals surface area contributed by atoms with Crippen molar-refractivity contribution >= 4 is 30.0 Å². The SMILES string of the molecule is CC(=O)OC[C@H]1O[C@@H](n2cc(CN3C(=O)OC[C@H]3Cc3ccccc3)nn2)[C@H](OC(C)=O)[C@@H](OC(C)=O)[C@H]1OC(C)=O. The number of hydrogen-bond donors (Lipinski definition) is 0. The second-order valence-corrected chi connectivity index (χ2v) is 9.83. The summed E-state index contributed by atoms with van der Waals surface area (Å²) in [7, 11) is 0. The van der Waals surface area contributed by atoms with Crippen LogP contribution in [-0.4, -0.2) is 93.5 Å². The van der Waals surface area contributed by atoms with Gasteiger partial charge in [0.1, 0.15) is 25.0 Å². The van der Waals surface area contributed by atoms with Crippen LogP contribution in [0, 0.1) is 0 Å². The Kier molecular flexibility index (Phi) is 9.72. The molecule has 0 aliphatic carbocycles. The van der Waals surface area contributed by atoms with Crippen molar-refractivity contribution in [3.8, 4) is 0 Å². The van der Waals surface area contributed by atoms with Gasteiger partial charge in [-0.25, -0.2) is 9.48 Å². The molecule has 0 radical (unpaired) electrons. The Morgan fingerprint density at radius 3 is 2.19 bits per heavy atom. The molecule has 3 heterocycles. The molecule has 2 saturated heterocycles. The first-order valence-corrected chi connectivity index (χ1v) is 13.2. The minimum atomic E-state index is -1.36. The molecule has 6 atom stereocenters. The lowest BCUT2D eigenvalue weighted by molar-refractivity contribution is -0.270. The summed E-state index contributed by atoms with van der Waals surface area (Å²) >= 11 is 0. The van der Waals surface area contributed by atoms with Gasteiger partial charge in [-0.2, -0.15) is 0 Å². The van der Waals surface area contributed by atoms with Gasteiger partial charge < -0.3 is 28.4 Å². The standard InChI is InChI=1S/C27H32N4O11/c1-15(32)37-14-22-23(39-16(2)33)24(40-17(3)34)25(41-18(4)35)26(42-22)31-12-20(28-29-31)11-30-21(13-38-27(30)36)10-19-8-6-5-7-9-19/h5-9,12,21-26H,10-11,13-14H2,1-4H3/t21-,22-,23+,24+,25-,26-/m1/s1. The molecule has 2 fully saturated rings. The van der Waals surface area contributed by atoms with Gasteiger partial charge in [-0.1, -0.05) is 35.5 Å². The number of rotatable bonds is 10. The van der Waals surface area contributed by atoms with Gasteiger partial charge in [-0.15, -0.1) is 5.10 Å². The Labute approximate surface area is 240 Å². The van der Waals surface area contributed by atoms with E-state index >= 15 is 0 Å². The zero-order valence-electron chi connectivity index (χ0n) is 23.5. The maximum atomic E-state index is 12.5. The van der Waals surface area contributed by atoms with Crippen LogP contribution in [0.4, 0.5) is 4.79 Å². The van der Waals surface area contributed by atoms with Crippen molar-refractivity contribution < 1.29 is 52.4 Å². The third-order valence-corrected chi connectivity index (χ3v) is 6.51. The number of esters is 4. The molecule has 0 bridgehead atoms. The molecule has 0 N–H and O–H groups in total. The number of aromatic nitrogens is 3. The molecule has 2 aliphatic heterocycles. The summed E-state index contributed by atoms with van der Waals surface area (Å²) in [5.74, 6) is -2.86. The Balaban J connectivity index is 1.61. The van der Waals surface area contributed by atoms with Gasteiger partial charge in [0.05, 0.1) is 18.8 Å². The second-order valence-electron chi connectivity index (χ2n) is 9.83. The molecule has 4 rings (SSSR count). The fraction of sp³-hybridized carbons (Fsp3) is 0.519. The molecule has 2 aliphatic rings. The number of carbonyl (C=O) groups excluding carboxylic acids is 5. The van der Waals surface area contributed by atoms with E-state index in [1.165, 1.54) is 22.7 Å². The van der Waals surface area contributed by atoms with Crippen LogP contribution in [0.1, 0.15) is 45.2 Å². The van der Waals surface area contributed by atoms with Crippen molar-refractivity contribution in [2.45, 2.75) is 77.3 Å². The number of hydrogen-bond acceptors (Lipinski definition) is 13. The van der Waals surface area contributed by atoms with Crippen LogP contribution < -0.4 is 0 Å². The summed E-state index contributed by atoms with van der Waals surface area (Å²) in [6, 6.07) is 9.41. The smallest absolute Gasteiger partial charge is 0.410 e. The van der Waals surface area contributed by atoms with E-state index < -0.39 is 60.6 Å². The fourth-order valence-electron chi connectivity index (χ4n) is 4.84. The molecule has 42 heavy (non-hydrogen) atoms. The molecular weight excluding hydrogens is 556 g/mol. The van der Waals surface area contributed by atoms with Crippen LogP contribution in [0.3, 0.4) is 0 Å². The minimum absolute atomic E-state index is 0.0572. The molecule has 1 aromatic carbocycles. The molecule has 226 valence electrons. The molecule has 1 aromatic heterocycles. The van der Waals surface area contributed by atoms with E-state index in [9.17, 15) is 24.0 Å². The molecule has 1 amide bonds. The van der Waals surface area contributed by atoms with Crippen LogP contribution in [0.5, 0.6) is 0 Å². The van der Waals surface area contributed by atoms with Gasteiger partial charge in [0.25, 0.3) is 0 Å². The van der Waals surface area contributed by atoms with Gasteiger partial charge in [0.15, 0.2) is 24.5 Å². The molecule has 0 spiro atoms. The predicted molar refractivity (Wildman–Crippen MR) is 138 cm³/mol. The highest BCUT2D eigenvalue weighted by atomic mass is 16.7. The zero-order valence-corrected chi connectivity index (χ0v) is 23.5. The largest absolute Gasteiger partial charge is 0.463 e. The van der Waals surface area contributed by atoms with Crippen molar-refractivity contribution in [2.24, 2.45) is 0 Å². The Morgan fingerprint density at radius 2 is 1.55 bits per heavy atom. The van der Waals surface area contributed by atoms with Crippen LogP contribution in [0.15, 0.2) is 36.5 Å². The van der Waals surface area contributed by atoms with E-state index in [1.807, 2.05) is 30.3 Å². The summed E-state index contributed by atoms with van der Waals surface area (Å²) in [6.45, 7) is 4.49. The quantitative estimate of drug-likeness (QED) is 0.285. The summed E-state index contributed by atoms with van der Waals surface area (Å²) in [4.78, 5) is 61.7. The zero-order chi connectivity index (χ0) is 30.4. The number of carbonyl (C=O) groups is 5.